The number of pyridine rings is 1. The molecule has 1 aromatic heterocycles. The number of morpholine rings is 1. The van der Waals surface area contributed by atoms with Crippen molar-refractivity contribution in [3.8, 4) is 0 Å². The molecular weight excluding hydrogens is 238 g/mol. The summed E-state index contributed by atoms with van der Waals surface area (Å²) in [5, 5.41) is 3.31. The van der Waals surface area contributed by atoms with Crippen LogP contribution in [0.25, 0.3) is 0 Å². The van der Waals surface area contributed by atoms with E-state index in [0.717, 1.165) is 37.7 Å². The van der Waals surface area contributed by atoms with Gasteiger partial charge in [0.1, 0.15) is 5.82 Å². The van der Waals surface area contributed by atoms with E-state index in [-0.39, 0.29) is 11.7 Å². The lowest BCUT2D eigenvalue weighted by atomic mass is 10.1. The lowest BCUT2D eigenvalue weighted by Gasteiger charge is -2.42. The molecule has 4 nitrogen and oxygen atoms in total. The van der Waals surface area contributed by atoms with Gasteiger partial charge >= 0.3 is 0 Å². The first-order valence-electron chi connectivity index (χ1n) is 7.09. The zero-order valence-corrected chi connectivity index (χ0v) is 12.4. The van der Waals surface area contributed by atoms with Gasteiger partial charge in [0.15, 0.2) is 0 Å². The van der Waals surface area contributed by atoms with Crippen LogP contribution in [0.15, 0.2) is 18.2 Å². The summed E-state index contributed by atoms with van der Waals surface area (Å²) in [7, 11) is 0. The van der Waals surface area contributed by atoms with Crippen LogP contribution >= 0.6 is 0 Å². The number of anilines is 1. The van der Waals surface area contributed by atoms with Crippen LogP contribution < -0.4 is 10.2 Å². The predicted octanol–water partition coefficient (Wildman–Crippen LogP) is 2.19. The average molecular weight is 263 g/mol. The third-order valence-corrected chi connectivity index (χ3v) is 3.24. The smallest absolute Gasteiger partial charge is 0.129 e. The summed E-state index contributed by atoms with van der Waals surface area (Å²) in [5.41, 5.74) is 0.980. The molecule has 0 spiro atoms. The molecular formula is C15H25N3O. The van der Waals surface area contributed by atoms with Crippen LogP contribution in [0.1, 0.15) is 33.4 Å². The highest BCUT2D eigenvalue weighted by Gasteiger charge is 2.31. The van der Waals surface area contributed by atoms with E-state index in [1.165, 1.54) is 0 Å². The summed E-state index contributed by atoms with van der Waals surface area (Å²) in [6.45, 7) is 12.1. The maximum atomic E-state index is 5.94. The Morgan fingerprint density at radius 1 is 1.47 bits per heavy atom. The molecule has 0 amide bonds. The Morgan fingerprint density at radius 2 is 2.26 bits per heavy atom. The largest absolute Gasteiger partial charge is 0.369 e. The van der Waals surface area contributed by atoms with Crippen molar-refractivity contribution in [2.24, 2.45) is 0 Å². The molecule has 1 saturated heterocycles. The second-order valence-electron chi connectivity index (χ2n) is 5.84. The number of rotatable bonds is 4. The monoisotopic (exact) mass is 263 g/mol. The van der Waals surface area contributed by atoms with Gasteiger partial charge in [0.05, 0.1) is 17.4 Å². The fourth-order valence-corrected chi connectivity index (χ4v) is 2.62. The lowest BCUT2D eigenvalue weighted by molar-refractivity contribution is -0.0751. The summed E-state index contributed by atoms with van der Waals surface area (Å²) in [6, 6.07) is 6.24. The molecule has 106 valence electrons. The molecule has 1 aliphatic heterocycles. The van der Waals surface area contributed by atoms with Gasteiger partial charge in [-0.2, -0.15) is 0 Å². The zero-order chi connectivity index (χ0) is 13.9. The van der Waals surface area contributed by atoms with Gasteiger partial charge in [-0.25, -0.2) is 4.98 Å². The molecule has 2 heterocycles. The molecule has 2 rings (SSSR count). The summed E-state index contributed by atoms with van der Waals surface area (Å²) in [5.74, 6) is 1.05. The molecule has 1 fully saturated rings. The van der Waals surface area contributed by atoms with Gasteiger partial charge in [-0.05, 0) is 39.4 Å². The van der Waals surface area contributed by atoms with E-state index in [1.54, 1.807) is 0 Å². The van der Waals surface area contributed by atoms with Gasteiger partial charge in [-0.1, -0.05) is 13.0 Å². The number of hydrogen-bond donors (Lipinski definition) is 1. The molecule has 4 heteroatoms. The normalized spacial score (nSPS) is 22.5. The highest BCUT2D eigenvalue weighted by atomic mass is 16.5. The van der Waals surface area contributed by atoms with Crippen molar-refractivity contribution in [3.05, 3.63) is 23.9 Å². The van der Waals surface area contributed by atoms with E-state index in [9.17, 15) is 0 Å². The van der Waals surface area contributed by atoms with Gasteiger partial charge in [0.2, 0.25) is 0 Å². The van der Waals surface area contributed by atoms with E-state index >= 15 is 0 Å². The van der Waals surface area contributed by atoms with Gasteiger partial charge in [-0.15, -0.1) is 0 Å². The minimum atomic E-state index is -0.114. The minimum Gasteiger partial charge on any atom is -0.369 e. The Kier molecular flexibility index (Phi) is 4.42. The average Bonchev–Trinajstić information content (AvgIpc) is 2.34. The maximum absolute atomic E-state index is 5.94. The minimum absolute atomic E-state index is 0.114. The fraction of sp³-hybridized carbons (Fsp3) is 0.667. The van der Waals surface area contributed by atoms with Crippen LogP contribution in [0.3, 0.4) is 0 Å². The highest BCUT2D eigenvalue weighted by Crippen LogP contribution is 2.24. The predicted molar refractivity (Wildman–Crippen MR) is 78.5 cm³/mol. The summed E-state index contributed by atoms with van der Waals surface area (Å²) >= 11 is 0. The molecule has 1 aromatic rings. The first kappa shape index (κ1) is 14.3. The molecule has 19 heavy (non-hydrogen) atoms. The Hall–Kier alpha value is -1.13. The molecule has 1 aliphatic rings. The Labute approximate surface area is 116 Å². The van der Waals surface area contributed by atoms with Crippen LogP contribution in [0.5, 0.6) is 0 Å². The highest BCUT2D eigenvalue weighted by molar-refractivity contribution is 5.40. The molecule has 0 aliphatic carbocycles. The third kappa shape index (κ3) is 3.91. The van der Waals surface area contributed by atoms with Crippen molar-refractivity contribution >= 4 is 5.82 Å². The van der Waals surface area contributed by atoms with Crippen molar-refractivity contribution < 1.29 is 4.74 Å². The maximum Gasteiger partial charge on any atom is 0.129 e. The first-order valence-corrected chi connectivity index (χ1v) is 7.09. The molecule has 1 N–H and O–H groups in total. The van der Waals surface area contributed by atoms with Gasteiger partial charge < -0.3 is 15.0 Å². The molecule has 0 radical (unpaired) electrons. The number of nitrogens with one attached hydrogen (secondary N) is 1. The van der Waals surface area contributed by atoms with Gasteiger partial charge in [0.25, 0.3) is 0 Å². The Balaban J connectivity index is 2.12. The molecule has 1 atom stereocenters. The van der Waals surface area contributed by atoms with Crippen LogP contribution in [0, 0.1) is 0 Å². The van der Waals surface area contributed by atoms with E-state index in [0.29, 0.717) is 0 Å². The van der Waals surface area contributed by atoms with Crippen LogP contribution in [-0.2, 0) is 11.3 Å². The van der Waals surface area contributed by atoms with Crippen LogP contribution in [0.4, 0.5) is 5.82 Å². The Bertz CT molecular complexity index is 420. The lowest BCUT2D eigenvalue weighted by Crippen LogP contribution is -2.52. The molecule has 0 bridgehead atoms. The summed E-state index contributed by atoms with van der Waals surface area (Å²) in [4.78, 5) is 7.06. The third-order valence-electron chi connectivity index (χ3n) is 3.24. The van der Waals surface area contributed by atoms with Crippen molar-refractivity contribution in [1.29, 1.82) is 0 Å². The van der Waals surface area contributed by atoms with Crippen molar-refractivity contribution in [1.82, 2.24) is 10.3 Å². The Morgan fingerprint density at radius 3 is 2.95 bits per heavy atom. The number of ether oxygens (including phenoxy) is 1. The van der Waals surface area contributed by atoms with Crippen LogP contribution in [0.2, 0.25) is 0 Å². The SMILES string of the molecule is CCNCc1cccc(N2CC(C)OC(C)(C)C2)n1. The van der Waals surface area contributed by atoms with Crippen molar-refractivity contribution in [2.75, 3.05) is 24.5 Å². The number of aromatic nitrogens is 1. The standard InChI is InChI=1S/C15H25N3O/c1-5-16-9-13-7-6-8-14(17-13)18-10-12(2)19-15(3,4)11-18/h6-8,12,16H,5,9-11H2,1-4H3. The number of nitrogens with zero attached hydrogens (tertiary/aromatic N) is 2. The first-order chi connectivity index (χ1) is 9.00. The number of hydrogen-bond acceptors (Lipinski definition) is 4. The zero-order valence-electron chi connectivity index (χ0n) is 12.4. The van der Waals surface area contributed by atoms with Crippen molar-refractivity contribution in [2.45, 2.75) is 45.9 Å². The molecule has 1 unspecified atom stereocenters. The second-order valence-corrected chi connectivity index (χ2v) is 5.84. The molecule has 0 saturated carbocycles. The molecule has 0 aromatic carbocycles. The summed E-state index contributed by atoms with van der Waals surface area (Å²) < 4.78 is 5.94. The topological polar surface area (TPSA) is 37.4 Å². The van der Waals surface area contributed by atoms with E-state index in [2.05, 4.69) is 56.1 Å². The van der Waals surface area contributed by atoms with Crippen LogP contribution in [-0.4, -0.2) is 36.3 Å². The van der Waals surface area contributed by atoms with Crippen molar-refractivity contribution in [3.63, 3.8) is 0 Å². The quantitative estimate of drug-likeness (QED) is 0.903. The van der Waals surface area contributed by atoms with Gasteiger partial charge in [-0.3, -0.25) is 0 Å². The van der Waals surface area contributed by atoms with E-state index in [4.69, 9.17) is 9.72 Å². The summed E-state index contributed by atoms with van der Waals surface area (Å²) in [6.07, 6.45) is 0.239. The van der Waals surface area contributed by atoms with E-state index < -0.39 is 0 Å². The van der Waals surface area contributed by atoms with E-state index in [1.807, 2.05) is 0 Å². The van der Waals surface area contributed by atoms with Gasteiger partial charge in [0, 0.05) is 19.6 Å². The fourth-order valence-electron chi connectivity index (χ4n) is 2.62. The second kappa shape index (κ2) is 5.88.